The van der Waals surface area contributed by atoms with Crippen molar-refractivity contribution in [3.05, 3.63) is 65.0 Å². The highest BCUT2D eigenvalue weighted by atomic mass is 19.4. The zero-order valence-electron chi connectivity index (χ0n) is 17.3. The van der Waals surface area contributed by atoms with E-state index in [1.165, 1.54) is 12.1 Å². The second-order valence-corrected chi connectivity index (χ2v) is 7.70. The molecule has 10 heteroatoms. The van der Waals surface area contributed by atoms with E-state index < -0.39 is 53.0 Å². The summed E-state index contributed by atoms with van der Waals surface area (Å²) in [6.45, 7) is 1.02. The zero-order valence-corrected chi connectivity index (χ0v) is 17.3. The standard InChI is InChI=1S/C23H19F7O3/c1-12(24)20(27)15-6-2-13(3-7-15)14-4-8-16(9-5-14)22(31)32-17-10-18(25)21(19(26)11-17)33-23(28,29)30/h2-3,6-7,10-11,14,16H,4-5,8-9H2,1H3. The molecule has 0 atom stereocenters. The molecular formula is C23H19F7O3. The van der Waals surface area contributed by atoms with Gasteiger partial charge >= 0.3 is 12.3 Å². The second-order valence-electron chi connectivity index (χ2n) is 7.70. The molecule has 2 aromatic carbocycles. The maximum atomic E-state index is 13.8. The summed E-state index contributed by atoms with van der Waals surface area (Å²) in [5.74, 6) is -8.59. The van der Waals surface area contributed by atoms with E-state index in [0.717, 1.165) is 12.5 Å². The van der Waals surface area contributed by atoms with Crippen LogP contribution in [0, 0.1) is 17.6 Å². The third kappa shape index (κ3) is 6.27. The smallest absolute Gasteiger partial charge is 0.426 e. The number of carbonyl (C=O) groups excluding carboxylic acids is 1. The number of allylic oxidation sites excluding steroid dienone is 1. The highest BCUT2D eigenvalue weighted by Gasteiger charge is 2.35. The lowest BCUT2D eigenvalue weighted by atomic mass is 9.78. The van der Waals surface area contributed by atoms with E-state index in [0.29, 0.717) is 37.8 Å². The van der Waals surface area contributed by atoms with Gasteiger partial charge in [-0.15, -0.1) is 13.2 Å². The van der Waals surface area contributed by atoms with Crippen LogP contribution in [0.25, 0.3) is 5.83 Å². The lowest BCUT2D eigenvalue weighted by Crippen LogP contribution is -2.25. The van der Waals surface area contributed by atoms with Gasteiger partial charge in [0, 0.05) is 17.7 Å². The first-order valence-electron chi connectivity index (χ1n) is 10.0. The van der Waals surface area contributed by atoms with Gasteiger partial charge in [0.05, 0.1) is 5.92 Å². The van der Waals surface area contributed by atoms with E-state index in [-0.39, 0.29) is 11.5 Å². The molecule has 0 radical (unpaired) electrons. The number of halogens is 7. The average molecular weight is 476 g/mol. The fourth-order valence-electron chi connectivity index (χ4n) is 3.77. The summed E-state index contributed by atoms with van der Waals surface area (Å²) in [5, 5.41) is 0. The van der Waals surface area contributed by atoms with Crippen LogP contribution < -0.4 is 9.47 Å². The maximum Gasteiger partial charge on any atom is 0.573 e. The van der Waals surface area contributed by atoms with Gasteiger partial charge in [0.1, 0.15) is 11.6 Å². The molecule has 0 heterocycles. The van der Waals surface area contributed by atoms with E-state index in [2.05, 4.69) is 4.74 Å². The summed E-state index contributed by atoms with van der Waals surface area (Å²) >= 11 is 0. The Balaban J connectivity index is 1.59. The van der Waals surface area contributed by atoms with Gasteiger partial charge in [-0.25, -0.2) is 17.6 Å². The van der Waals surface area contributed by atoms with Gasteiger partial charge in [-0.05, 0) is 44.1 Å². The predicted molar refractivity (Wildman–Crippen MR) is 105 cm³/mol. The summed E-state index contributed by atoms with van der Waals surface area (Å²) in [5.41, 5.74) is 1.03. The van der Waals surface area contributed by atoms with E-state index in [9.17, 15) is 35.5 Å². The highest BCUT2D eigenvalue weighted by Crippen LogP contribution is 2.38. The summed E-state index contributed by atoms with van der Waals surface area (Å²) in [4.78, 5) is 12.4. The van der Waals surface area contributed by atoms with Gasteiger partial charge < -0.3 is 9.47 Å². The van der Waals surface area contributed by atoms with Gasteiger partial charge in [0.2, 0.25) is 5.75 Å². The predicted octanol–water partition coefficient (Wildman–Crippen LogP) is 7.37. The van der Waals surface area contributed by atoms with Gasteiger partial charge in [-0.2, -0.15) is 0 Å². The minimum absolute atomic E-state index is 0.0790. The van der Waals surface area contributed by atoms with E-state index in [1.807, 2.05) is 0 Å². The number of esters is 1. The molecule has 0 N–H and O–H groups in total. The molecular weight excluding hydrogens is 457 g/mol. The maximum absolute atomic E-state index is 13.8. The molecule has 0 aliphatic heterocycles. The van der Waals surface area contributed by atoms with Crippen LogP contribution >= 0.6 is 0 Å². The Hall–Kier alpha value is -3.04. The molecule has 0 aromatic heterocycles. The fraction of sp³-hybridized carbons (Fsp3) is 0.348. The van der Waals surface area contributed by atoms with Crippen LogP contribution in [0.2, 0.25) is 0 Å². The zero-order chi connectivity index (χ0) is 24.3. The van der Waals surface area contributed by atoms with Crippen molar-refractivity contribution in [3.8, 4) is 11.5 Å². The van der Waals surface area contributed by atoms with Crippen LogP contribution in [0.1, 0.15) is 49.7 Å². The quantitative estimate of drug-likeness (QED) is 0.257. The van der Waals surface area contributed by atoms with Crippen LogP contribution in [0.4, 0.5) is 30.7 Å². The van der Waals surface area contributed by atoms with Gasteiger partial charge in [0.15, 0.2) is 17.5 Å². The first kappa shape index (κ1) is 24.6. The number of benzene rings is 2. The normalized spacial score (nSPS) is 19.6. The van der Waals surface area contributed by atoms with Gasteiger partial charge in [-0.1, -0.05) is 24.3 Å². The molecule has 178 valence electrons. The van der Waals surface area contributed by atoms with Crippen molar-refractivity contribution in [1.82, 2.24) is 0 Å². The molecule has 1 saturated carbocycles. The molecule has 3 rings (SSSR count). The van der Waals surface area contributed by atoms with Crippen molar-refractivity contribution >= 4 is 11.8 Å². The Bertz CT molecular complexity index is 1010. The van der Waals surface area contributed by atoms with E-state index >= 15 is 0 Å². The SMILES string of the molecule is CC(F)=C(F)c1ccc(C2CCC(C(=O)Oc3cc(F)c(OC(F)(F)F)c(F)c3)CC2)cc1. The monoisotopic (exact) mass is 476 g/mol. The largest absolute Gasteiger partial charge is 0.573 e. The summed E-state index contributed by atoms with van der Waals surface area (Å²) < 4.78 is 99.2. The molecule has 0 amide bonds. The fourth-order valence-corrected chi connectivity index (χ4v) is 3.77. The minimum Gasteiger partial charge on any atom is -0.426 e. The molecule has 2 aromatic rings. The molecule has 0 spiro atoms. The first-order valence-corrected chi connectivity index (χ1v) is 10.0. The molecule has 33 heavy (non-hydrogen) atoms. The van der Waals surface area contributed by atoms with Crippen molar-refractivity contribution in [2.75, 3.05) is 0 Å². The van der Waals surface area contributed by atoms with Gasteiger partial charge in [-0.3, -0.25) is 4.79 Å². The number of rotatable bonds is 5. The molecule has 1 fully saturated rings. The van der Waals surface area contributed by atoms with Gasteiger partial charge in [0.25, 0.3) is 0 Å². The molecule has 1 aliphatic rings. The second kappa shape index (κ2) is 9.84. The number of carbonyl (C=O) groups is 1. The third-order valence-electron chi connectivity index (χ3n) is 5.41. The van der Waals surface area contributed by atoms with Crippen molar-refractivity contribution < 1.29 is 45.0 Å². The highest BCUT2D eigenvalue weighted by molar-refractivity contribution is 5.75. The van der Waals surface area contributed by atoms with E-state index in [4.69, 9.17) is 4.74 Å². The van der Waals surface area contributed by atoms with Crippen molar-refractivity contribution in [2.24, 2.45) is 5.92 Å². The number of hydrogen-bond acceptors (Lipinski definition) is 3. The van der Waals surface area contributed by atoms with Crippen molar-refractivity contribution in [3.63, 3.8) is 0 Å². The Morgan fingerprint density at radius 1 is 0.939 bits per heavy atom. The lowest BCUT2D eigenvalue weighted by Gasteiger charge is -2.27. The van der Waals surface area contributed by atoms with Crippen LogP contribution in [0.5, 0.6) is 11.5 Å². The third-order valence-corrected chi connectivity index (χ3v) is 5.41. The average Bonchev–Trinajstić information content (AvgIpc) is 2.75. The molecule has 3 nitrogen and oxygen atoms in total. The van der Waals surface area contributed by atoms with Crippen molar-refractivity contribution in [2.45, 2.75) is 44.9 Å². The molecule has 0 bridgehead atoms. The minimum atomic E-state index is -5.28. The van der Waals surface area contributed by atoms with Crippen LogP contribution in [0.3, 0.4) is 0 Å². The van der Waals surface area contributed by atoms with Crippen molar-refractivity contribution in [1.29, 1.82) is 0 Å². The molecule has 0 unspecified atom stereocenters. The number of alkyl halides is 3. The topological polar surface area (TPSA) is 35.5 Å². The van der Waals surface area contributed by atoms with Crippen LogP contribution in [-0.4, -0.2) is 12.3 Å². The van der Waals surface area contributed by atoms with Crippen LogP contribution in [0.15, 0.2) is 42.2 Å². The Kier molecular flexibility index (Phi) is 7.34. The lowest BCUT2D eigenvalue weighted by molar-refractivity contribution is -0.276. The Morgan fingerprint density at radius 3 is 1.97 bits per heavy atom. The van der Waals surface area contributed by atoms with E-state index in [1.54, 1.807) is 12.1 Å². The summed E-state index contributed by atoms with van der Waals surface area (Å²) in [6, 6.07) is 7.23. The Morgan fingerprint density at radius 2 is 1.48 bits per heavy atom. The van der Waals surface area contributed by atoms with Crippen LogP contribution in [-0.2, 0) is 4.79 Å². The summed E-state index contributed by atoms with van der Waals surface area (Å²) in [6.07, 6.45) is -3.30. The number of ether oxygens (including phenoxy) is 2. The summed E-state index contributed by atoms with van der Waals surface area (Å²) in [7, 11) is 0. The first-order chi connectivity index (χ1) is 15.4. The molecule has 0 saturated heterocycles. The Labute approximate surface area is 184 Å². The molecule has 1 aliphatic carbocycles. The number of hydrogen-bond donors (Lipinski definition) is 0.